The minimum absolute atomic E-state index is 0.00310. The summed E-state index contributed by atoms with van der Waals surface area (Å²) in [6, 6.07) is 0. The Labute approximate surface area is 87.2 Å². The third kappa shape index (κ3) is 6.89. The fourth-order valence-corrected chi connectivity index (χ4v) is 1.23. The van der Waals surface area contributed by atoms with Crippen molar-refractivity contribution < 1.29 is 9.53 Å². The first kappa shape index (κ1) is 13.4. The summed E-state index contributed by atoms with van der Waals surface area (Å²) in [6.45, 7) is 7.21. The van der Waals surface area contributed by atoms with Crippen LogP contribution in [0.4, 0.5) is 0 Å². The van der Waals surface area contributed by atoms with Gasteiger partial charge in [-0.2, -0.15) is 0 Å². The average Bonchev–Trinajstić information content (AvgIpc) is 2.17. The van der Waals surface area contributed by atoms with E-state index >= 15 is 0 Å². The Hall–Kier alpha value is -0.570. The summed E-state index contributed by atoms with van der Waals surface area (Å²) in [4.78, 5) is 11.3. The molecule has 84 valence electrons. The van der Waals surface area contributed by atoms with Gasteiger partial charge in [0, 0.05) is 13.2 Å². The minimum Gasteiger partial charge on any atom is -0.369 e. The number of unbranched alkanes of at least 4 members (excludes halogenated alkanes) is 3. The van der Waals surface area contributed by atoms with Crippen molar-refractivity contribution in [3.8, 4) is 0 Å². The second-order valence-corrected chi connectivity index (χ2v) is 3.45. The van der Waals surface area contributed by atoms with Crippen LogP contribution in [-0.2, 0) is 9.53 Å². The maximum Gasteiger partial charge on any atom is 0.248 e. The van der Waals surface area contributed by atoms with E-state index in [9.17, 15) is 4.79 Å². The van der Waals surface area contributed by atoms with Crippen molar-refractivity contribution in [1.29, 1.82) is 0 Å². The molecule has 0 aliphatic carbocycles. The van der Waals surface area contributed by atoms with Gasteiger partial charge < -0.3 is 10.1 Å². The zero-order valence-electron chi connectivity index (χ0n) is 9.64. The molecule has 14 heavy (non-hydrogen) atoms. The van der Waals surface area contributed by atoms with Crippen LogP contribution in [0.25, 0.3) is 0 Å². The van der Waals surface area contributed by atoms with Gasteiger partial charge in [0.05, 0.1) is 0 Å². The molecule has 1 amide bonds. The lowest BCUT2D eigenvalue weighted by atomic mass is 10.2. The monoisotopic (exact) mass is 201 g/mol. The van der Waals surface area contributed by atoms with E-state index in [0.717, 1.165) is 13.0 Å². The van der Waals surface area contributed by atoms with Gasteiger partial charge in [0.15, 0.2) is 0 Å². The van der Waals surface area contributed by atoms with Crippen molar-refractivity contribution in [2.24, 2.45) is 0 Å². The van der Waals surface area contributed by atoms with Crippen molar-refractivity contribution in [2.75, 3.05) is 13.2 Å². The van der Waals surface area contributed by atoms with Crippen LogP contribution in [0.15, 0.2) is 0 Å². The van der Waals surface area contributed by atoms with Crippen molar-refractivity contribution >= 4 is 5.91 Å². The number of carbonyl (C=O) groups excluding carboxylic acids is 1. The third-order valence-corrected chi connectivity index (χ3v) is 2.12. The highest BCUT2D eigenvalue weighted by Crippen LogP contribution is 1.97. The summed E-state index contributed by atoms with van der Waals surface area (Å²) in [5.74, 6) is 0.00310. The molecule has 1 unspecified atom stereocenters. The molecular formula is C11H23NO2. The van der Waals surface area contributed by atoms with Crippen LogP contribution in [0.5, 0.6) is 0 Å². The maximum absolute atomic E-state index is 11.3. The van der Waals surface area contributed by atoms with Crippen molar-refractivity contribution in [1.82, 2.24) is 5.32 Å². The molecule has 0 aliphatic heterocycles. The SMILES string of the molecule is CCCCCCNC(=O)C(C)OCC. The Kier molecular flexibility index (Phi) is 8.64. The van der Waals surface area contributed by atoms with Gasteiger partial charge in [-0.1, -0.05) is 26.2 Å². The van der Waals surface area contributed by atoms with E-state index in [1.165, 1.54) is 19.3 Å². The van der Waals surface area contributed by atoms with E-state index in [-0.39, 0.29) is 12.0 Å². The molecule has 0 aromatic rings. The molecule has 0 radical (unpaired) electrons. The second-order valence-electron chi connectivity index (χ2n) is 3.45. The summed E-state index contributed by atoms with van der Waals surface area (Å²) in [6.07, 6.45) is 4.42. The molecule has 0 saturated carbocycles. The van der Waals surface area contributed by atoms with Crippen LogP contribution in [0.3, 0.4) is 0 Å². The van der Waals surface area contributed by atoms with E-state index in [1.54, 1.807) is 6.92 Å². The van der Waals surface area contributed by atoms with Crippen LogP contribution in [0.1, 0.15) is 46.5 Å². The highest BCUT2D eigenvalue weighted by atomic mass is 16.5. The average molecular weight is 201 g/mol. The van der Waals surface area contributed by atoms with E-state index in [0.29, 0.717) is 6.61 Å². The molecule has 0 bridgehead atoms. The lowest BCUT2D eigenvalue weighted by Gasteiger charge is -2.11. The number of ether oxygens (including phenoxy) is 1. The summed E-state index contributed by atoms with van der Waals surface area (Å²) >= 11 is 0. The fraction of sp³-hybridized carbons (Fsp3) is 0.909. The highest BCUT2D eigenvalue weighted by Gasteiger charge is 2.10. The topological polar surface area (TPSA) is 38.3 Å². The molecule has 3 nitrogen and oxygen atoms in total. The quantitative estimate of drug-likeness (QED) is 0.611. The molecule has 0 rings (SSSR count). The third-order valence-electron chi connectivity index (χ3n) is 2.12. The van der Waals surface area contributed by atoms with Gasteiger partial charge in [0.1, 0.15) is 6.10 Å². The lowest BCUT2D eigenvalue weighted by molar-refractivity contribution is -0.131. The second kappa shape index (κ2) is 9.00. The maximum atomic E-state index is 11.3. The van der Waals surface area contributed by atoms with Crippen molar-refractivity contribution in [3.05, 3.63) is 0 Å². The van der Waals surface area contributed by atoms with Gasteiger partial charge in [-0.3, -0.25) is 4.79 Å². The number of nitrogens with one attached hydrogen (secondary N) is 1. The fourth-order valence-electron chi connectivity index (χ4n) is 1.23. The summed E-state index contributed by atoms with van der Waals surface area (Å²) in [5, 5.41) is 2.86. The Bertz CT molecular complexity index is 148. The van der Waals surface area contributed by atoms with Crippen molar-refractivity contribution in [3.63, 3.8) is 0 Å². The molecular weight excluding hydrogens is 178 g/mol. The molecule has 1 N–H and O–H groups in total. The van der Waals surface area contributed by atoms with Crippen LogP contribution >= 0.6 is 0 Å². The predicted octanol–water partition coefficient (Wildman–Crippen LogP) is 2.11. The first-order valence-electron chi connectivity index (χ1n) is 5.61. The first-order valence-corrected chi connectivity index (χ1v) is 5.61. The lowest BCUT2D eigenvalue weighted by Crippen LogP contribution is -2.35. The Balaban J connectivity index is 3.34. The molecule has 0 aliphatic rings. The van der Waals surface area contributed by atoms with Gasteiger partial charge in [0.25, 0.3) is 0 Å². The van der Waals surface area contributed by atoms with Crippen LogP contribution in [0, 0.1) is 0 Å². The van der Waals surface area contributed by atoms with Gasteiger partial charge in [0.2, 0.25) is 5.91 Å². The number of hydrogen-bond acceptors (Lipinski definition) is 2. The number of hydrogen-bond donors (Lipinski definition) is 1. The first-order chi connectivity index (χ1) is 6.72. The van der Waals surface area contributed by atoms with Crippen LogP contribution in [-0.4, -0.2) is 25.2 Å². The largest absolute Gasteiger partial charge is 0.369 e. The van der Waals surface area contributed by atoms with Gasteiger partial charge in [-0.15, -0.1) is 0 Å². The van der Waals surface area contributed by atoms with Gasteiger partial charge in [-0.25, -0.2) is 0 Å². The molecule has 0 aromatic heterocycles. The van der Waals surface area contributed by atoms with Crippen molar-refractivity contribution in [2.45, 2.75) is 52.6 Å². The van der Waals surface area contributed by atoms with Gasteiger partial charge >= 0.3 is 0 Å². The van der Waals surface area contributed by atoms with Crippen LogP contribution in [0.2, 0.25) is 0 Å². The van der Waals surface area contributed by atoms with E-state index in [1.807, 2.05) is 6.92 Å². The smallest absolute Gasteiger partial charge is 0.248 e. The molecule has 1 atom stereocenters. The molecule has 0 saturated heterocycles. The standard InChI is InChI=1S/C11H23NO2/c1-4-6-7-8-9-12-11(13)10(3)14-5-2/h10H,4-9H2,1-3H3,(H,12,13). The van der Waals surface area contributed by atoms with E-state index < -0.39 is 0 Å². The predicted molar refractivity (Wildman–Crippen MR) is 58.2 cm³/mol. The zero-order chi connectivity index (χ0) is 10.8. The molecule has 3 heteroatoms. The Morgan fingerprint density at radius 2 is 2.00 bits per heavy atom. The van der Waals surface area contributed by atoms with E-state index in [2.05, 4.69) is 12.2 Å². The minimum atomic E-state index is -0.314. The van der Waals surface area contributed by atoms with E-state index in [4.69, 9.17) is 4.74 Å². The molecule has 0 spiro atoms. The Morgan fingerprint density at radius 1 is 1.29 bits per heavy atom. The highest BCUT2D eigenvalue weighted by molar-refractivity contribution is 5.80. The normalized spacial score (nSPS) is 12.5. The zero-order valence-corrected chi connectivity index (χ0v) is 9.64. The number of rotatable bonds is 8. The summed E-state index contributed by atoms with van der Waals surface area (Å²) in [7, 11) is 0. The number of carbonyl (C=O) groups is 1. The molecule has 0 heterocycles. The van der Waals surface area contributed by atoms with Crippen LogP contribution < -0.4 is 5.32 Å². The summed E-state index contributed by atoms with van der Waals surface area (Å²) < 4.78 is 5.17. The Morgan fingerprint density at radius 3 is 2.57 bits per heavy atom. The summed E-state index contributed by atoms with van der Waals surface area (Å²) in [5.41, 5.74) is 0. The number of amides is 1. The molecule has 0 aromatic carbocycles. The van der Waals surface area contributed by atoms with Gasteiger partial charge in [-0.05, 0) is 20.3 Å². The molecule has 0 fully saturated rings.